The zero-order chi connectivity index (χ0) is 15.1. The van der Waals surface area contributed by atoms with Crippen LogP contribution in [0.1, 0.15) is 19.4 Å². The number of nitrogens with zero attached hydrogens (tertiary/aromatic N) is 1. The number of oxime groups is 1. The number of halogens is 2. The van der Waals surface area contributed by atoms with Crippen molar-refractivity contribution in [1.82, 2.24) is 0 Å². The van der Waals surface area contributed by atoms with Crippen LogP contribution in [-0.4, -0.2) is 24.1 Å². The molecule has 0 saturated heterocycles. The molecule has 0 unspecified atom stereocenters. The fourth-order valence-electron chi connectivity index (χ4n) is 1.25. The third-order valence-electron chi connectivity index (χ3n) is 2.17. The Labute approximate surface area is 126 Å². The standard InChI is InChI=1S/C13H13Cl2NO4/c1-3-19-13(18)12(8(2)17)16-20-7-9-4-5-10(14)11(15)6-9/h4-6H,3,7H2,1-2H3. The van der Waals surface area contributed by atoms with E-state index in [1.54, 1.807) is 25.1 Å². The lowest BCUT2D eigenvalue weighted by atomic mass is 10.2. The Morgan fingerprint density at radius 2 is 1.95 bits per heavy atom. The Hall–Kier alpha value is -1.59. The highest BCUT2D eigenvalue weighted by Crippen LogP contribution is 2.22. The predicted molar refractivity (Wildman–Crippen MR) is 76.0 cm³/mol. The van der Waals surface area contributed by atoms with Crippen molar-refractivity contribution >= 4 is 40.7 Å². The smallest absolute Gasteiger partial charge is 0.364 e. The molecule has 0 aliphatic carbocycles. The van der Waals surface area contributed by atoms with Gasteiger partial charge in [0.2, 0.25) is 5.71 Å². The van der Waals surface area contributed by atoms with Crippen LogP contribution in [0.5, 0.6) is 0 Å². The van der Waals surface area contributed by atoms with Gasteiger partial charge in [0.1, 0.15) is 6.61 Å². The minimum Gasteiger partial charge on any atom is -0.461 e. The third-order valence-corrected chi connectivity index (χ3v) is 2.91. The van der Waals surface area contributed by atoms with Crippen molar-refractivity contribution in [3.63, 3.8) is 0 Å². The fourth-order valence-corrected chi connectivity index (χ4v) is 1.57. The summed E-state index contributed by atoms with van der Waals surface area (Å²) in [5.41, 5.74) is 0.321. The first-order valence-corrected chi connectivity index (χ1v) is 6.53. The zero-order valence-electron chi connectivity index (χ0n) is 11.0. The molecule has 1 rings (SSSR count). The number of carbonyl (C=O) groups is 2. The Balaban J connectivity index is 2.71. The van der Waals surface area contributed by atoms with Crippen LogP contribution in [0.3, 0.4) is 0 Å². The number of ether oxygens (including phenoxy) is 1. The maximum absolute atomic E-state index is 11.4. The molecule has 0 spiro atoms. The summed E-state index contributed by atoms with van der Waals surface area (Å²) in [5, 5.41) is 4.31. The van der Waals surface area contributed by atoms with Gasteiger partial charge in [0.25, 0.3) is 0 Å². The first-order valence-electron chi connectivity index (χ1n) is 5.77. The second-order valence-electron chi connectivity index (χ2n) is 3.74. The first kappa shape index (κ1) is 16.5. The van der Waals surface area contributed by atoms with E-state index in [9.17, 15) is 9.59 Å². The molecule has 1 aromatic carbocycles. The summed E-state index contributed by atoms with van der Waals surface area (Å²) >= 11 is 11.6. The van der Waals surface area contributed by atoms with Gasteiger partial charge in [-0.1, -0.05) is 34.4 Å². The van der Waals surface area contributed by atoms with Gasteiger partial charge in [-0.15, -0.1) is 0 Å². The van der Waals surface area contributed by atoms with Crippen LogP contribution in [0.4, 0.5) is 0 Å². The van der Waals surface area contributed by atoms with E-state index < -0.39 is 11.8 Å². The van der Waals surface area contributed by atoms with Gasteiger partial charge in [-0.3, -0.25) is 4.79 Å². The van der Waals surface area contributed by atoms with Crippen molar-refractivity contribution in [3.05, 3.63) is 33.8 Å². The van der Waals surface area contributed by atoms with E-state index in [1.807, 2.05) is 0 Å². The third kappa shape index (κ3) is 4.83. The summed E-state index contributed by atoms with van der Waals surface area (Å²) in [6.07, 6.45) is 0. The summed E-state index contributed by atoms with van der Waals surface area (Å²) < 4.78 is 4.69. The normalized spacial score (nSPS) is 11.1. The van der Waals surface area contributed by atoms with Gasteiger partial charge >= 0.3 is 5.97 Å². The molecule has 0 amide bonds. The molecule has 0 heterocycles. The molecule has 0 N–H and O–H groups in total. The van der Waals surface area contributed by atoms with E-state index in [4.69, 9.17) is 32.8 Å². The average Bonchev–Trinajstić information content (AvgIpc) is 2.38. The number of hydrogen-bond acceptors (Lipinski definition) is 5. The number of rotatable bonds is 6. The zero-order valence-corrected chi connectivity index (χ0v) is 12.5. The summed E-state index contributed by atoms with van der Waals surface area (Å²) in [4.78, 5) is 27.7. The maximum atomic E-state index is 11.4. The Bertz CT molecular complexity index is 543. The van der Waals surface area contributed by atoms with E-state index in [2.05, 4.69) is 5.16 Å². The molecule has 0 atom stereocenters. The van der Waals surface area contributed by atoms with E-state index in [1.165, 1.54) is 6.92 Å². The first-order chi connectivity index (χ1) is 9.45. The molecular weight excluding hydrogens is 305 g/mol. The van der Waals surface area contributed by atoms with Gasteiger partial charge in [-0.05, 0) is 24.6 Å². The molecule has 1 aromatic rings. The minimum atomic E-state index is -0.811. The van der Waals surface area contributed by atoms with Gasteiger partial charge in [0.15, 0.2) is 5.78 Å². The molecule has 0 aliphatic heterocycles. The van der Waals surface area contributed by atoms with Gasteiger partial charge in [0.05, 0.1) is 16.7 Å². The van der Waals surface area contributed by atoms with Crippen LogP contribution < -0.4 is 0 Å². The molecule has 0 aliphatic rings. The Morgan fingerprint density at radius 3 is 2.50 bits per heavy atom. The van der Waals surface area contributed by atoms with Crippen LogP contribution in [0.25, 0.3) is 0 Å². The summed E-state index contributed by atoms with van der Waals surface area (Å²) in [7, 11) is 0. The monoisotopic (exact) mass is 317 g/mol. The highest BCUT2D eigenvalue weighted by Gasteiger charge is 2.18. The number of carbonyl (C=O) groups excluding carboxylic acids is 2. The van der Waals surface area contributed by atoms with E-state index in [0.717, 1.165) is 0 Å². The van der Waals surface area contributed by atoms with Gasteiger partial charge < -0.3 is 9.57 Å². The topological polar surface area (TPSA) is 65.0 Å². The fraction of sp³-hybridized carbons (Fsp3) is 0.308. The molecule has 0 bridgehead atoms. The number of Topliss-reactive ketones (excluding diaryl/α,β-unsaturated/α-hetero) is 1. The molecule has 0 saturated carbocycles. The molecule has 0 aromatic heterocycles. The summed E-state index contributed by atoms with van der Waals surface area (Å²) in [6, 6.07) is 4.92. The van der Waals surface area contributed by atoms with Crippen LogP contribution >= 0.6 is 23.2 Å². The van der Waals surface area contributed by atoms with Crippen molar-refractivity contribution < 1.29 is 19.2 Å². The summed E-state index contributed by atoms with van der Waals surface area (Å²) in [5.74, 6) is -1.34. The van der Waals surface area contributed by atoms with E-state index >= 15 is 0 Å². The molecule has 5 nitrogen and oxygen atoms in total. The number of ketones is 1. The molecule has 0 fully saturated rings. The Kier molecular flexibility index (Phi) is 6.48. The number of benzene rings is 1. The van der Waals surface area contributed by atoms with E-state index in [0.29, 0.717) is 15.6 Å². The van der Waals surface area contributed by atoms with Crippen molar-refractivity contribution in [2.75, 3.05) is 6.61 Å². The second-order valence-corrected chi connectivity index (χ2v) is 4.55. The van der Waals surface area contributed by atoms with Crippen molar-refractivity contribution in [1.29, 1.82) is 0 Å². The highest BCUT2D eigenvalue weighted by atomic mass is 35.5. The second kappa shape index (κ2) is 7.87. The predicted octanol–water partition coefficient (Wildman–Crippen LogP) is 3.02. The highest BCUT2D eigenvalue weighted by molar-refractivity contribution is 6.63. The summed E-state index contributed by atoms with van der Waals surface area (Å²) in [6.45, 7) is 3.04. The van der Waals surface area contributed by atoms with Crippen molar-refractivity contribution in [3.8, 4) is 0 Å². The van der Waals surface area contributed by atoms with Crippen LogP contribution in [0.15, 0.2) is 23.4 Å². The van der Waals surface area contributed by atoms with E-state index in [-0.39, 0.29) is 18.9 Å². The minimum absolute atomic E-state index is 0.0487. The van der Waals surface area contributed by atoms with Crippen LogP contribution in [0, 0.1) is 0 Å². The van der Waals surface area contributed by atoms with Crippen molar-refractivity contribution in [2.45, 2.75) is 20.5 Å². The van der Waals surface area contributed by atoms with Gasteiger partial charge in [-0.25, -0.2) is 4.79 Å². The molecule has 108 valence electrons. The van der Waals surface area contributed by atoms with Crippen molar-refractivity contribution in [2.24, 2.45) is 5.16 Å². The van der Waals surface area contributed by atoms with Gasteiger partial charge in [-0.2, -0.15) is 0 Å². The SMILES string of the molecule is CCOC(=O)C(=NOCc1ccc(Cl)c(Cl)c1)C(C)=O. The number of esters is 1. The average molecular weight is 318 g/mol. The Morgan fingerprint density at radius 1 is 1.25 bits per heavy atom. The molecule has 0 radical (unpaired) electrons. The maximum Gasteiger partial charge on any atom is 0.364 e. The van der Waals surface area contributed by atoms with Crippen LogP contribution in [-0.2, 0) is 25.8 Å². The lowest BCUT2D eigenvalue weighted by Crippen LogP contribution is -2.24. The molecule has 20 heavy (non-hydrogen) atoms. The quantitative estimate of drug-likeness (QED) is 0.350. The lowest BCUT2D eigenvalue weighted by Gasteiger charge is -2.04. The van der Waals surface area contributed by atoms with Gasteiger partial charge in [0, 0.05) is 6.92 Å². The van der Waals surface area contributed by atoms with Crippen LogP contribution in [0.2, 0.25) is 10.0 Å². The number of hydrogen-bond donors (Lipinski definition) is 0. The molecule has 7 heteroatoms. The lowest BCUT2D eigenvalue weighted by molar-refractivity contribution is -0.136. The molecular formula is C13H13Cl2NO4. The largest absolute Gasteiger partial charge is 0.461 e.